The zero-order valence-electron chi connectivity index (χ0n) is 17.6. The maximum Gasteiger partial charge on any atom is 0.310 e. The molecule has 0 aliphatic carbocycles. The van der Waals surface area contributed by atoms with Gasteiger partial charge in [-0.2, -0.15) is 0 Å². The van der Waals surface area contributed by atoms with Crippen LogP contribution in [0.3, 0.4) is 0 Å². The van der Waals surface area contributed by atoms with Crippen LogP contribution < -0.4 is 0 Å². The SMILES string of the molecule is CCOC(=O)[C@H]1CCCN(CC(=O)N2C[C@@H](c3ccc(F)cc3)[C@H](c3csnn3)C2)C1. The molecule has 4 rings (SSSR count). The topological polar surface area (TPSA) is 75.6 Å². The number of hydrogen-bond acceptors (Lipinski definition) is 7. The van der Waals surface area contributed by atoms with Gasteiger partial charge in [0.05, 0.1) is 24.8 Å². The fourth-order valence-corrected chi connectivity index (χ4v) is 5.15. The second kappa shape index (κ2) is 9.82. The summed E-state index contributed by atoms with van der Waals surface area (Å²) in [5.41, 5.74) is 1.87. The van der Waals surface area contributed by atoms with Crippen molar-refractivity contribution in [2.24, 2.45) is 5.92 Å². The number of nitrogens with zero attached hydrogens (tertiary/aromatic N) is 4. The van der Waals surface area contributed by atoms with E-state index in [4.69, 9.17) is 4.74 Å². The molecule has 1 aromatic heterocycles. The average Bonchev–Trinajstić information content (AvgIpc) is 3.45. The second-order valence-electron chi connectivity index (χ2n) is 8.22. The lowest BCUT2D eigenvalue weighted by molar-refractivity contribution is -0.150. The highest BCUT2D eigenvalue weighted by molar-refractivity contribution is 7.03. The fraction of sp³-hybridized carbons (Fsp3) is 0.545. The quantitative estimate of drug-likeness (QED) is 0.635. The van der Waals surface area contributed by atoms with Crippen LogP contribution in [0.5, 0.6) is 0 Å². The number of hydrogen-bond donors (Lipinski definition) is 0. The van der Waals surface area contributed by atoms with Crippen molar-refractivity contribution in [2.45, 2.75) is 31.6 Å². The molecule has 0 radical (unpaired) electrons. The Balaban J connectivity index is 1.43. The largest absolute Gasteiger partial charge is 0.466 e. The van der Waals surface area contributed by atoms with Crippen LogP contribution in [0, 0.1) is 11.7 Å². The molecule has 0 bridgehead atoms. The molecular weight excluding hydrogens is 419 g/mol. The summed E-state index contributed by atoms with van der Waals surface area (Å²) in [7, 11) is 0. The van der Waals surface area contributed by atoms with Crippen LogP contribution in [0.25, 0.3) is 0 Å². The van der Waals surface area contributed by atoms with Gasteiger partial charge in [0.1, 0.15) is 5.82 Å². The van der Waals surface area contributed by atoms with Crippen molar-refractivity contribution in [3.8, 4) is 0 Å². The van der Waals surface area contributed by atoms with Crippen molar-refractivity contribution >= 4 is 23.4 Å². The first-order chi connectivity index (χ1) is 15.0. The van der Waals surface area contributed by atoms with Gasteiger partial charge < -0.3 is 9.64 Å². The van der Waals surface area contributed by atoms with Gasteiger partial charge in [-0.05, 0) is 55.5 Å². The fourth-order valence-electron chi connectivity index (χ4n) is 4.63. The summed E-state index contributed by atoms with van der Waals surface area (Å²) in [4.78, 5) is 29.2. The summed E-state index contributed by atoms with van der Waals surface area (Å²) in [5, 5.41) is 6.16. The molecule has 2 aromatic rings. The van der Waals surface area contributed by atoms with Crippen LogP contribution in [0.2, 0.25) is 0 Å². The highest BCUT2D eigenvalue weighted by Gasteiger charge is 2.39. The van der Waals surface area contributed by atoms with Crippen molar-refractivity contribution in [3.63, 3.8) is 0 Å². The number of carbonyl (C=O) groups is 2. The van der Waals surface area contributed by atoms with Crippen molar-refractivity contribution in [2.75, 3.05) is 39.3 Å². The summed E-state index contributed by atoms with van der Waals surface area (Å²) >= 11 is 1.29. The van der Waals surface area contributed by atoms with Gasteiger partial charge in [0, 0.05) is 36.9 Å². The molecule has 166 valence electrons. The number of aromatic nitrogens is 2. The first kappa shape index (κ1) is 21.8. The van der Waals surface area contributed by atoms with Crippen molar-refractivity contribution < 1.29 is 18.7 Å². The van der Waals surface area contributed by atoms with Gasteiger partial charge >= 0.3 is 5.97 Å². The maximum absolute atomic E-state index is 13.4. The number of rotatable bonds is 6. The first-order valence-electron chi connectivity index (χ1n) is 10.7. The van der Waals surface area contributed by atoms with Crippen LogP contribution in [0.4, 0.5) is 4.39 Å². The molecule has 2 saturated heterocycles. The van der Waals surface area contributed by atoms with E-state index >= 15 is 0 Å². The predicted molar refractivity (Wildman–Crippen MR) is 114 cm³/mol. The van der Waals surface area contributed by atoms with E-state index in [9.17, 15) is 14.0 Å². The van der Waals surface area contributed by atoms with E-state index in [0.717, 1.165) is 30.6 Å². The summed E-state index contributed by atoms with van der Waals surface area (Å²) in [6.07, 6.45) is 1.68. The molecule has 2 aliphatic heterocycles. The van der Waals surface area contributed by atoms with Gasteiger partial charge in [-0.3, -0.25) is 14.5 Å². The minimum atomic E-state index is -0.275. The van der Waals surface area contributed by atoms with Crippen LogP contribution in [0.1, 0.15) is 42.9 Å². The third kappa shape index (κ3) is 5.10. The molecule has 0 saturated carbocycles. The molecule has 0 unspecified atom stereocenters. The zero-order chi connectivity index (χ0) is 21.8. The van der Waals surface area contributed by atoms with E-state index in [-0.39, 0.29) is 42.0 Å². The Morgan fingerprint density at radius 3 is 2.68 bits per heavy atom. The maximum atomic E-state index is 13.4. The van der Waals surface area contributed by atoms with E-state index in [0.29, 0.717) is 26.2 Å². The normalized spacial score (nSPS) is 24.3. The monoisotopic (exact) mass is 446 g/mol. The molecular formula is C22H27FN4O3S. The average molecular weight is 447 g/mol. The van der Waals surface area contributed by atoms with Gasteiger partial charge in [0.15, 0.2) is 0 Å². The number of benzene rings is 1. The highest BCUT2D eigenvalue weighted by Crippen LogP contribution is 2.39. The van der Waals surface area contributed by atoms with Gasteiger partial charge in [-0.1, -0.05) is 16.6 Å². The second-order valence-corrected chi connectivity index (χ2v) is 8.83. The van der Waals surface area contributed by atoms with Crippen molar-refractivity contribution in [1.29, 1.82) is 0 Å². The van der Waals surface area contributed by atoms with Gasteiger partial charge in [0.25, 0.3) is 0 Å². The first-order valence-corrected chi connectivity index (χ1v) is 11.6. The molecule has 7 nitrogen and oxygen atoms in total. The Bertz CT molecular complexity index is 893. The predicted octanol–water partition coefficient (Wildman–Crippen LogP) is 2.66. The molecule has 9 heteroatoms. The Hall–Kier alpha value is -2.39. The minimum Gasteiger partial charge on any atom is -0.466 e. The van der Waals surface area contributed by atoms with Crippen LogP contribution in [-0.4, -0.2) is 70.6 Å². The summed E-state index contributed by atoms with van der Waals surface area (Å²) < 4.78 is 22.6. The molecule has 0 N–H and O–H groups in total. The summed E-state index contributed by atoms with van der Waals surface area (Å²) in [6.45, 7) is 4.94. The highest BCUT2D eigenvalue weighted by atomic mass is 32.1. The lowest BCUT2D eigenvalue weighted by Gasteiger charge is -2.32. The molecule has 1 aromatic carbocycles. The number of amides is 1. The Labute approximate surface area is 185 Å². The van der Waals surface area contributed by atoms with Crippen molar-refractivity contribution in [1.82, 2.24) is 19.4 Å². The van der Waals surface area contributed by atoms with Gasteiger partial charge in [-0.25, -0.2) is 4.39 Å². The van der Waals surface area contributed by atoms with E-state index in [2.05, 4.69) is 14.5 Å². The Morgan fingerprint density at radius 1 is 1.19 bits per heavy atom. The minimum absolute atomic E-state index is 0.0294. The standard InChI is InChI=1S/C22H27FN4O3S/c1-2-30-22(29)16-4-3-9-26(10-16)13-21(28)27-11-18(15-5-7-17(23)8-6-15)19(12-27)20-14-31-25-24-20/h5-8,14,16,18-19H,2-4,9-13H2,1H3/t16-,18-,19+/m0/s1. The molecule has 31 heavy (non-hydrogen) atoms. The third-order valence-electron chi connectivity index (χ3n) is 6.21. The molecule has 2 fully saturated rings. The number of esters is 1. The molecule has 3 atom stereocenters. The van der Waals surface area contributed by atoms with Gasteiger partial charge in [0.2, 0.25) is 5.91 Å². The molecule has 1 amide bonds. The molecule has 2 aliphatic rings. The number of likely N-dealkylation sites (tertiary alicyclic amines) is 2. The van der Waals surface area contributed by atoms with E-state index in [1.54, 1.807) is 19.1 Å². The van der Waals surface area contributed by atoms with Crippen LogP contribution in [-0.2, 0) is 14.3 Å². The lowest BCUT2D eigenvalue weighted by atomic mass is 9.87. The third-order valence-corrected chi connectivity index (χ3v) is 6.73. The number of ether oxygens (including phenoxy) is 1. The van der Waals surface area contributed by atoms with Gasteiger partial charge in [-0.15, -0.1) is 5.10 Å². The zero-order valence-corrected chi connectivity index (χ0v) is 18.4. The summed E-state index contributed by atoms with van der Waals surface area (Å²) in [5.74, 6) is -0.497. The lowest BCUT2D eigenvalue weighted by Crippen LogP contribution is -2.45. The van der Waals surface area contributed by atoms with E-state index in [1.165, 1.54) is 23.7 Å². The summed E-state index contributed by atoms with van der Waals surface area (Å²) in [6, 6.07) is 6.49. The smallest absolute Gasteiger partial charge is 0.310 e. The molecule has 3 heterocycles. The van der Waals surface area contributed by atoms with E-state index < -0.39 is 0 Å². The number of halogens is 1. The van der Waals surface area contributed by atoms with Crippen LogP contribution >= 0.6 is 11.5 Å². The number of carbonyl (C=O) groups excluding carboxylic acids is 2. The van der Waals surface area contributed by atoms with Crippen LogP contribution in [0.15, 0.2) is 29.6 Å². The Kier molecular flexibility index (Phi) is 6.92. The Morgan fingerprint density at radius 2 is 1.97 bits per heavy atom. The molecule has 0 spiro atoms. The van der Waals surface area contributed by atoms with Crippen molar-refractivity contribution in [3.05, 3.63) is 46.7 Å². The number of piperidine rings is 1. The van der Waals surface area contributed by atoms with E-state index in [1.807, 2.05) is 10.3 Å².